The van der Waals surface area contributed by atoms with Gasteiger partial charge in [-0.3, -0.25) is 4.98 Å². The molecule has 0 bridgehead atoms. The Morgan fingerprint density at radius 1 is 1.31 bits per heavy atom. The van der Waals surface area contributed by atoms with Gasteiger partial charge in [0.2, 0.25) is 0 Å². The third kappa shape index (κ3) is 6.24. The number of pyridine rings is 1. The Bertz CT molecular complexity index is 264. The van der Waals surface area contributed by atoms with Gasteiger partial charge in [-0.1, -0.05) is 0 Å². The average molecular weight is 278 g/mol. The Kier molecular flexibility index (Phi) is 6.38. The van der Waals surface area contributed by atoms with Crippen molar-refractivity contribution in [3.8, 4) is 0 Å². The van der Waals surface area contributed by atoms with Gasteiger partial charge in [0.05, 0.1) is 0 Å². The third-order valence-corrected chi connectivity index (χ3v) is 1.70. The number of aromatic nitrogens is 1. The second-order valence-electron chi connectivity index (χ2n) is 2.38. The summed E-state index contributed by atoms with van der Waals surface area (Å²) in [6.45, 7) is -4.77. The number of rotatable bonds is 2. The molecule has 0 saturated carbocycles. The molecule has 1 heterocycles. The molecule has 1 rings (SSSR count). The largest absolute Gasteiger partial charge is 1.00 e. The fourth-order valence-corrected chi connectivity index (χ4v) is 0.999. The monoisotopic (exact) mass is 277 g/mol. The van der Waals surface area contributed by atoms with E-state index in [-0.39, 0.29) is 57.1 Å². The van der Waals surface area contributed by atoms with Crippen LogP contribution in [0.1, 0.15) is 5.69 Å². The first kappa shape index (κ1) is 14.1. The normalized spacial score (nSPS) is 10.8. The Labute approximate surface area is 125 Å². The van der Waals surface area contributed by atoms with E-state index in [9.17, 15) is 12.9 Å². The Balaban J connectivity index is 0.00000144. The fraction of sp³-hybridized carbons (Fsp3) is 0.167. The first-order chi connectivity index (χ1) is 5.47. The summed E-state index contributed by atoms with van der Waals surface area (Å²) in [6, 6.07) is 2.91. The molecular formula is C6H5BBrF3KN. The molecule has 1 aromatic heterocycles. The first-order valence-electron chi connectivity index (χ1n) is 3.29. The van der Waals surface area contributed by atoms with E-state index in [0.717, 1.165) is 0 Å². The summed E-state index contributed by atoms with van der Waals surface area (Å²) in [5.41, 5.74) is 0.0608. The molecule has 0 radical (unpaired) electrons. The molecule has 7 heteroatoms. The summed E-state index contributed by atoms with van der Waals surface area (Å²) >= 11 is 3.09. The van der Waals surface area contributed by atoms with Crippen LogP contribution in [0.4, 0.5) is 12.9 Å². The molecule has 0 atom stereocenters. The minimum Gasteiger partial charge on any atom is -0.449 e. The predicted octanol–water partition coefficient (Wildman–Crippen LogP) is -0.223. The average Bonchev–Trinajstić information content (AvgIpc) is 1.91. The van der Waals surface area contributed by atoms with Crippen molar-refractivity contribution >= 4 is 22.9 Å². The van der Waals surface area contributed by atoms with E-state index in [1.165, 1.54) is 12.3 Å². The second kappa shape index (κ2) is 5.87. The Morgan fingerprint density at radius 3 is 2.31 bits per heavy atom. The second-order valence-corrected chi connectivity index (χ2v) is 3.30. The maximum atomic E-state index is 11.9. The molecule has 0 saturated heterocycles. The third-order valence-electron chi connectivity index (χ3n) is 1.23. The summed E-state index contributed by atoms with van der Waals surface area (Å²) in [5, 5.41) is 0. The van der Waals surface area contributed by atoms with Crippen molar-refractivity contribution in [1.29, 1.82) is 0 Å². The molecule has 66 valence electrons. The van der Waals surface area contributed by atoms with Crippen LogP contribution in [-0.4, -0.2) is 12.0 Å². The molecule has 1 nitrogen and oxygen atoms in total. The topological polar surface area (TPSA) is 12.9 Å². The molecule has 1 aromatic rings. The SMILES string of the molecule is F[B-](F)(F)Cc1ccc(Br)cn1.[K+]. The maximum absolute atomic E-state index is 11.9. The van der Waals surface area contributed by atoms with E-state index in [0.29, 0.717) is 4.47 Å². The van der Waals surface area contributed by atoms with Crippen molar-refractivity contribution in [2.24, 2.45) is 0 Å². The number of hydrogen-bond donors (Lipinski definition) is 0. The van der Waals surface area contributed by atoms with Crippen molar-refractivity contribution in [2.75, 3.05) is 0 Å². The van der Waals surface area contributed by atoms with Gasteiger partial charge < -0.3 is 12.9 Å². The Morgan fingerprint density at radius 2 is 1.92 bits per heavy atom. The molecule has 0 N–H and O–H groups in total. The summed E-state index contributed by atoms with van der Waals surface area (Å²) < 4.78 is 36.2. The fourth-order valence-electron chi connectivity index (χ4n) is 0.764. The molecule has 0 amide bonds. The van der Waals surface area contributed by atoms with Gasteiger partial charge in [0.15, 0.2) is 0 Å². The molecule has 0 fully saturated rings. The van der Waals surface area contributed by atoms with E-state index in [1.807, 2.05) is 0 Å². The van der Waals surface area contributed by atoms with Crippen LogP contribution in [0.5, 0.6) is 0 Å². The van der Waals surface area contributed by atoms with Crippen LogP contribution < -0.4 is 51.4 Å². The Hall–Kier alpha value is 1.12. The molecule has 0 aliphatic heterocycles. The molecule has 0 aliphatic rings. The van der Waals surface area contributed by atoms with Crippen molar-refractivity contribution in [1.82, 2.24) is 4.98 Å². The zero-order valence-corrected chi connectivity index (χ0v) is 11.7. The van der Waals surface area contributed by atoms with Gasteiger partial charge in [-0.25, -0.2) is 0 Å². The number of halogens is 4. The van der Waals surface area contributed by atoms with E-state index < -0.39 is 13.3 Å². The van der Waals surface area contributed by atoms with Gasteiger partial charge in [-0.05, 0) is 34.4 Å². The zero-order valence-electron chi connectivity index (χ0n) is 6.98. The van der Waals surface area contributed by atoms with Crippen LogP contribution in [0.25, 0.3) is 0 Å². The van der Waals surface area contributed by atoms with Gasteiger partial charge in [0.25, 0.3) is 0 Å². The van der Waals surface area contributed by atoms with Crippen molar-refractivity contribution in [3.63, 3.8) is 0 Å². The van der Waals surface area contributed by atoms with Gasteiger partial charge >= 0.3 is 58.4 Å². The predicted molar refractivity (Wildman–Crippen MR) is 44.7 cm³/mol. The van der Waals surface area contributed by atoms with E-state index >= 15 is 0 Å². The molecule has 0 aliphatic carbocycles. The van der Waals surface area contributed by atoms with Crippen molar-refractivity contribution in [2.45, 2.75) is 6.32 Å². The van der Waals surface area contributed by atoms with Crippen LogP contribution in [0.15, 0.2) is 22.8 Å². The van der Waals surface area contributed by atoms with Crippen LogP contribution >= 0.6 is 15.9 Å². The first-order valence-corrected chi connectivity index (χ1v) is 4.08. The molecule has 0 unspecified atom stereocenters. The summed E-state index contributed by atoms with van der Waals surface area (Å²) in [4.78, 5) is 3.61. The van der Waals surface area contributed by atoms with Gasteiger partial charge in [0.1, 0.15) is 0 Å². The van der Waals surface area contributed by atoms with E-state index in [4.69, 9.17) is 0 Å². The standard InChI is InChI=1S/C6H5BBrF3N.K/c8-5-1-2-6(12-4-5)3-7(9,10)11;/h1-2,4H,3H2;/q-1;+1. The quantitative estimate of drug-likeness (QED) is 0.681. The number of hydrogen-bond acceptors (Lipinski definition) is 1. The molecular weight excluding hydrogens is 273 g/mol. The van der Waals surface area contributed by atoms with Crippen molar-refractivity contribution < 1.29 is 64.3 Å². The van der Waals surface area contributed by atoms with E-state index in [2.05, 4.69) is 20.9 Å². The smallest absolute Gasteiger partial charge is 0.449 e. The van der Waals surface area contributed by atoms with Gasteiger partial charge in [0, 0.05) is 16.4 Å². The van der Waals surface area contributed by atoms with Crippen LogP contribution in [0.2, 0.25) is 0 Å². The minimum atomic E-state index is -4.77. The summed E-state index contributed by atoms with van der Waals surface area (Å²) in [7, 11) is 0. The van der Waals surface area contributed by atoms with Crippen LogP contribution in [0.3, 0.4) is 0 Å². The molecule has 13 heavy (non-hydrogen) atoms. The van der Waals surface area contributed by atoms with E-state index in [1.54, 1.807) is 6.07 Å². The zero-order chi connectivity index (χ0) is 9.19. The number of nitrogens with zero attached hydrogens (tertiary/aromatic N) is 1. The van der Waals surface area contributed by atoms with Crippen LogP contribution in [0, 0.1) is 0 Å². The minimum absolute atomic E-state index is 0. The van der Waals surface area contributed by atoms with Gasteiger partial charge in [-0.15, -0.1) is 0 Å². The van der Waals surface area contributed by atoms with Crippen LogP contribution in [-0.2, 0) is 6.32 Å². The molecule has 0 aromatic carbocycles. The summed E-state index contributed by atoms with van der Waals surface area (Å²) in [5.74, 6) is 0. The van der Waals surface area contributed by atoms with Crippen molar-refractivity contribution in [3.05, 3.63) is 28.5 Å². The molecule has 0 spiro atoms. The summed E-state index contributed by atoms with van der Waals surface area (Å²) in [6.07, 6.45) is 0.449. The van der Waals surface area contributed by atoms with Gasteiger partial charge in [-0.2, -0.15) is 0 Å². The maximum Gasteiger partial charge on any atom is 1.00 e.